The molecule has 0 fully saturated rings. The first-order valence-corrected chi connectivity index (χ1v) is 5.66. The van der Waals surface area contributed by atoms with Gasteiger partial charge >= 0.3 is 0 Å². The van der Waals surface area contributed by atoms with Gasteiger partial charge in [-0.2, -0.15) is 0 Å². The minimum atomic E-state index is 0.551. The Balaban J connectivity index is 2.16. The van der Waals surface area contributed by atoms with Gasteiger partial charge in [0.25, 0.3) is 0 Å². The molecule has 0 aliphatic carbocycles. The molecule has 0 saturated carbocycles. The number of hydrogen-bond acceptors (Lipinski definition) is 3. The maximum atomic E-state index is 5.03. The topological polar surface area (TPSA) is 35.0 Å². The predicted molar refractivity (Wildman–Crippen MR) is 65.5 cm³/mol. The van der Waals surface area contributed by atoms with E-state index in [1.807, 2.05) is 12.1 Å². The molecule has 0 bridgehead atoms. The molecule has 0 N–H and O–H groups in total. The van der Waals surface area contributed by atoms with Crippen molar-refractivity contribution in [3.8, 4) is 5.88 Å². The van der Waals surface area contributed by atoms with E-state index in [4.69, 9.17) is 4.74 Å². The van der Waals surface area contributed by atoms with Gasteiger partial charge in [-0.1, -0.05) is 28.1 Å². The zero-order valence-electron chi connectivity index (χ0n) is 8.85. The molecule has 82 valence electrons. The summed E-state index contributed by atoms with van der Waals surface area (Å²) >= 11 is 3.41. The van der Waals surface area contributed by atoms with Crippen LogP contribution in [0.4, 0.5) is 0 Å². The highest BCUT2D eigenvalue weighted by Crippen LogP contribution is 2.14. The van der Waals surface area contributed by atoms with Crippen LogP contribution in [0.1, 0.15) is 11.3 Å². The van der Waals surface area contributed by atoms with Gasteiger partial charge in [-0.25, -0.2) is 4.98 Å². The van der Waals surface area contributed by atoms with Crippen molar-refractivity contribution in [3.63, 3.8) is 0 Å². The Bertz CT molecular complexity index is 471. The van der Waals surface area contributed by atoms with Crippen LogP contribution in [-0.4, -0.2) is 17.1 Å². The number of halogens is 1. The summed E-state index contributed by atoms with van der Waals surface area (Å²) < 4.78 is 6.11. The standard InChI is InChI=1S/C12H11BrN2O/c1-16-12-8-14-7-11(15-12)6-9-2-4-10(13)5-3-9/h2-5,7-8H,6H2,1H3. The molecule has 2 aromatic rings. The summed E-state index contributed by atoms with van der Waals surface area (Å²) in [6, 6.07) is 8.16. The minimum Gasteiger partial charge on any atom is -0.480 e. The lowest BCUT2D eigenvalue weighted by Crippen LogP contribution is -1.96. The zero-order valence-corrected chi connectivity index (χ0v) is 10.4. The molecule has 0 saturated heterocycles. The fourth-order valence-electron chi connectivity index (χ4n) is 1.38. The van der Waals surface area contributed by atoms with Crippen LogP contribution in [0.15, 0.2) is 41.1 Å². The fraction of sp³-hybridized carbons (Fsp3) is 0.167. The van der Waals surface area contributed by atoms with Crippen molar-refractivity contribution in [3.05, 3.63) is 52.4 Å². The van der Waals surface area contributed by atoms with E-state index in [0.29, 0.717) is 5.88 Å². The van der Waals surface area contributed by atoms with E-state index in [-0.39, 0.29) is 0 Å². The van der Waals surface area contributed by atoms with E-state index >= 15 is 0 Å². The van der Waals surface area contributed by atoms with Crippen LogP contribution in [-0.2, 0) is 6.42 Å². The molecule has 0 aliphatic heterocycles. The van der Waals surface area contributed by atoms with Crippen molar-refractivity contribution in [2.24, 2.45) is 0 Å². The maximum absolute atomic E-state index is 5.03. The van der Waals surface area contributed by atoms with Crippen LogP contribution in [0.25, 0.3) is 0 Å². The molecular weight excluding hydrogens is 268 g/mol. The normalized spacial score (nSPS) is 10.1. The highest BCUT2D eigenvalue weighted by atomic mass is 79.9. The van der Waals surface area contributed by atoms with Crippen LogP contribution in [0.5, 0.6) is 5.88 Å². The van der Waals surface area contributed by atoms with E-state index in [2.05, 4.69) is 38.0 Å². The van der Waals surface area contributed by atoms with Crippen LogP contribution < -0.4 is 4.74 Å². The summed E-state index contributed by atoms with van der Waals surface area (Å²) in [5, 5.41) is 0. The highest BCUT2D eigenvalue weighted by molar-refractivity contribution is 9.10. The third-order valence-corrected chi connectivity index (χ3v) is 2.70. The Morgan fingerprint density at radius 1 is 1.19 bits per heavy atom. The second-order valence-electron chi connectivity index (χ2n) is 3.36. The van der Waals surface area contributed by atoms with E-state index in [0.717, 1.165) is 16.6 Å². The number of ether oxygens (including phenoxy) is 1. The molecule has 0 aliphatic rings. The molecule has 1 aromatic heterocycles. The predicted octanol–water partition coefficient (Wildman–Crippen LogP) is 2.84. The van der Waals surface area contributed by atoms with Gasteiger partial charge < -0.3 is 4.74 Å². The van der Waals surface area contributed by atoms with Crippen molar-refractivity contribution in [1.29, 1.82) is 0 Å². The summed E-state index contributed by atoms with van der Waals surface area (Å²) in [5.74, 6) is 0.551. The molecule has 1 heterocycles. The van der Waals surface area contributed by atoms with Gasteiger partial charge in [0, 0.05) is 17.1 Å². The number of aromatic nitrogens is 2. The first-order valence-electron chi connectivity index (χ1n) is 4.87. The van der Waals surface area contributed by atoms with Gasteiger partial charge in [-0.3, -0.25) is 4.98 Å². The SMILES string of the molecule is COc1cncc(Cc2ccc(Br)cc2)n1. The Kier molecular flexibility index (Phi) is 3.51. The van der Waals surface area contributed by atoms with E-state index in [1.54, 1.807) is 19.5 Å². The molecule has 2 rings (SSSR count). The number of nitrogens with zero attached hydrogens (tertiary/aromatic N) is 2. The molecule has 16 heavy (non-hydrogen) atoms. The van der Waals surface area contributed by atoms with Crippen LogP contribution in [0.3, 0.4) is 0 Å². The van der Waals surface area contributed by atoms with Gasteiger partial charge in [0.1, 0.15) is 0 Å². The quantitative estimate of drug-likeness (QED) is 0.866. The molecule has 0 amide bonds. The van der Waals surface area contributed by atoms with Gasteiger partial charge in [-0.05, 0) is 17.7 Å². The molecule has 3 nitrogen and oxygen atoms in total. The van der Waals surface area contributed by atoms with Crippen molar-refractivity contribution in [2.45, 2.75) is 6.42 Å². The van der Waals surface area contributed by atoms with Gasteiger partial charge in [-0.15, -0.1) is 0 Å². The minimum absolute atomic E-state index is 0.551. The Morgan fingerprint density at radius 2 is 1.94 bits per heavy atom. The van der Waals surface area contributed by atoms with Crippen LogP contribution in [0, 0.1) is 0 Å². The monoisotopic (exact) mass is 278 g/mol. The van der Waals surface area contributed by atoms with E-state index < -0.39 is 0 Å². The number of methoxy groups -OCH3 is 1. The number of benzene rings is 1. The summed E-state index contributed by atoms with van der Waals surface area (Å²) in [7, 11) is 1.59. The van der Waals surface area contributed by atoms with Crippen molar-refractivity contribution >= 4 is 15.9 Å². The summed E-state index contributed by atoms with van der Waals surface area (Å²) in [6.07, 6.45) is 4.12. The molecule has 0 atom stereocenters. The van der Waals surface area contributed by atoms with Crippen molar-refractivity contribution < 1.29 is 4.74 Å². The zero-order chi connectivity index (χ0) is 11.4. The lowest BCUT2D eigenvalue weighted by molar-refractivity contribution is 0.394. The molecule has 0 unspecified atom stereocenters. The first kappa shape index (κ1) is 11.1. The molecule has 0 spiro atoms. The third kappa shape index (κ3) is 2.79. The van der Waals surface area contributed by atoms with E-state index in [1.165, 1.54) is 5.56 Å². The van der Waals surface area contributed by atoms with E-state index in [9.17, 15) is 0 Å². The molecule has 0 radical (unpaired) electrons. The first-order chi connectivity index (χ1) is 7.78. The average Bonchev–Trinajstić information content (AvgIpc) is 2.32. The van der Waals surface area contributed by atoms with Gasteiger partial charge in [0.2, 0.25) is 5.88 Å². The largest absolute Gasteiger partial charge is 0.480 e. The Labute approximate surface area is 103 Å². The van der Waals surface area contributed by atoms with Crippen LogP contribution >= 0.6 is 15.9 Å². The van der Waals surface area contributed by atoms with Gasteiger partial charge in [0.05, 0.1) is 19.0 Å². The van der Waals surface area contributed by atoms with Gasteiger partial charge in [0.15, 0.2) is 0 Å². The Morgan fingerprint density at radius 3 is 2.62 bits per heavy atom. The van der Waals surface area contributed by atoms with Crippen molar-refractivity contribution in [1.82, 2.24) is 9.97 Å². The maximum Gasteiger partial charge on any atom is 0.232 e. The van der Waals surface area contributed by atoms with Crippen LogP contribution in [0.2, 0.25) is 0 Å². The summed E-state index contributed by atoms with van der Waals surface area (Å²) in [5.41, 5.74) is 2.10. The second-order valence-corrected chi connectivity index (χ2v) is 4.27. The molecular formula is C12H11BrN2O. The lowest BCUT2D eigenvalue weighted by atomic mass is 10.1. The summed E-state index contributed by atoms with van der Waals surface area (Å²) in [4.78, 5) is 8.38. The van der Waals surface area contributed by atoms with Crippen molar-refractivity contribution in [2.75, 3.05) is 7.11 Å². The Hall–Kier alpha value is -1.42. The lowest BCUT2D eigenvalue weighted by Gasteiger charge is -2.03. The third-order valence-electron chi connectivity index (χ3n) is 2.17. The summed E-state index contributed by atoms with van der Waals surface area (Å²) in [6.45, 7) is 0. The number of rotatable bonds is 3. The fourth-order valence-corrected chi connectivity index (χ4v) is 1.65. The molecule has 1 aromatic carbocycles. The second kappa shape index (κ2) is 5.07. The number of hydrogen-bond donors (Lipinski definition) is 0. The average molecular weight is 279 g/mol. The highest BCUT2D eigenvalue weighted by Gasteiger charge is 2.00. The molecule has 4 heteroatoms. The smallest absolute Gasteiger partial charge is 0.232 e.